The van der Waals surface area contributed by atoms with Gasteiger partial charge in [0.25, 0.3) is 5.91 Å². The third-order valence-electron chi connectivity index (χ3n) is 3.68. The molecule has 132 valence electrons. The van der Waals surface area contributed by atoms with Gasteiger partial charge in [0.05, 0.1) is 18.8 Å². The molecular formula is C16H22ClN3O4. The first-order valence-electron chi connectivity index (χ1n) is 7.86. The number of amides is 2. The van der Waals surface area contributed by atoms with Crippen LogP contribution >= 0.6 is 11.6 Å². The van der Waals surface area contributed by atoms with E-state index in [-0.39, 0.29) is 24.1 Å². The average Bonchev–Trinajstić information content (AvgIpc) is 2.56. The third kappa shape index (κ3) is 4.74. The van der Waals surface area contributed by atoms with Gasteiger partial charge in [0.2, 0.25) is 5.88 Å². The van der Waals surface area contributed by atoms with Crippen molar-refractivity contribution >= 4 is 23.6 Å². The molecule has 0 bridgehead atoms. The maximum absolute atomic E-state index is 12.3. The number of ether oxygens (including phenoxy) is 2. The highest BCUT2D eigenvalue weighted by Crippen LogP contribution is 2.23. The van der Waals surface area contributed by atoms with Crippen molar-refractivity contribution in [3.63, 3.8) is 0 Å². The van der Waals surface area contributed by atoms with Gasteiger partial charge >= 0.3 is 6.09 Å². The summed E-state index contributed by atoms with van der Waals surface area (Å²) in [5.74, 6) is 0.0756. The second kappa shape index (κ2) is 8.19. The second-order valence-corrected chi connectivity index (χ2v) is 6.29. The number of likely N-dealkylation sites (tertiary alicyclic amines) is 1. The van der Waals surface area contributed by atoms with E-state index >= 15 is 0 Å². The van der Waals surface area contributed by atoms with Gasteiger partial charge in [-0.05, 0) is 32.8 Å². The number of hydrogen-bond acceptors (Lipinski definition) is 5. The summed E-state index contributed by atoms with van der Waals surface area (Å²) < 4.78 is 10.1. The number of halogens is 1. The fraction of sp³-hybridized carbons (Fsp3) is 0.562. The smallest absolute Gasteiger partial charge is 0.409 e. The SMILES string of the molecule is COC(=O)N1CCC(NC(=O)c2cnc(OC(C)C)c(Cl)c2)CC1. The minimum atomic E-state index is -0.337. The average molecular weight is 356 g/mol. The van der Waals surface area contributed by atoms with Crippen LogP contribution in [0.25, 0.3) is 0 Å². The molecule has 1 N–H and O–H groups in total. The molecule has 2 amide bonds. The first-order valence-corrected chi connectivity index (χ1v) is 8.24. The van der Waals surface area contributed by atoms with Gasteiger partial charge < -0.3 is 19.7 Å². The molecule has 0 saturated carbocycles. The van der Waals surface area contributed by atoms with Gasteiger partial charge in [-0.15, -0.1) is 0 Å². The standard InChI is InChI=1S/C16H22ClN3O4/c1-10(2)24-15-13(17)8-11(9-18-15)14(21)19-12-4-6-20(7-5-12)16(22)23-3/h8-10,12H,4-7H2,1-3H3,(H,19,21). The highest BCUT2D eigenvalue weighted by molar-refractivity contribution is 6.32. The summed E-state index contributed by atoms with van der Waals surface area (Å²) in [6, 6.07) is 1.55. The minimum absolute atomic E-state index is 0.00349. The van der Waals surface area contributed by atoms with Crippen molar-refractivity contribution in [3.05, 3.63) is 22.8 Å². The van der Waals surface area contributed by atoms with Crippen molar-refractivity contribution in [1.82, 2.24) is 15.2 Å². The van der Waals surface area contributed by atoms with E-state index in [2.05, 4.69) is 10.3 Å². The van der Waals surface area contributed by atoms with Crippen molar-refractivity contribution in [2.45, 2.75) is 38.8 Å². The number of nitrogens with zero attached hydrogens (tertiary/aromatic N) is 2. The lowest BCUT2D eigenvalue weighted by Crippen LogP contribution is -2.46. The summed E-state index contributed by atoms with van der Waals surface area (Å²) in [6.45, 7) is 4.86. The first kappa shape index (κ1) is 18.3. The van der Waals surface area contributed by atoms with Crippen LogP contribution < -0.4 is 10.1 Å². The van der Waals surface area contributed by atoms with Crippen LogP contribution in [0, 0.1) is 0 Å². The van der Waals surface area contributed by atoms with E-state index in [4.69, 9.17) is 21.1 Å². The van der Waals surface area contributed by atoms with Gasteiger partial charge in [-0.3, -0.25) is 4.79 Å². The van der Waals surface area contributed by atoms with E-state index in [1.165, 1.54) is 13.3 Å². The van der Waals surface area contributed by atoms with Crippen LogP contribution in [0.1, 0.15) is 37.0 Å². The minimum Gasteiger partial charge on any atom is -0.474 e. The normalized spacial score (nSPS) is 15.3. The highest BCUT2D eigenvalue weighted by Gasteiger charge is 2.24. The van der Waals surface area contributed by atoms with Gasteiger partial charge in [-0.1, -0.05) is 11.6 Å². The third-order valence-corrected chi connectivity index (χ3v) is 3.95. The molecular weight excluding hydrogens is 334 g/mol. The Balaban J connectivity index is 1.91. The summed E-state index contributed by atoms with van der Waals surface area (Å²) in [6.07, 6.45) is 2.42. The Bertz CT molecular complexity index is 601. The molecule has 0 radical (unpaired) electrons. The van der Waals surface area contributed by atoms with E-state index in [1.54, 1.807) is 11.0 Å². The molecule has 2 rings (SSSR count). The Kier molecular flexibility index (Phi) is 6.25. The molecule has 7 nitrogen and oxygen atoms in total. The summed E-state index contributed by atoms with van der Waals surface area (Å²) in [5, 5.41) is 3.25. The zero-order chi connectivity index (χ0) is 17.7. The summed E-state index contributed by atoms with van der Waals surface area (Å²) in [4.78, 5) is 29.5. The van der Waals surface area contributed by atoms with Gasteiger partial charge in [0, 0.05) is 25.3 Å². The molecule has 1 aromatic heterocycles. The Morgan fingerprint density at radius 2 is 2.04 bits per heavy atom. The summed E-state index contributed by atoms with van der Waals surface area (Å²) in [7, 11) is 1.36. The van der Waals surface area contributed by atoms with Crippen LogP contribution in [0.5, 0.6) is 5.88 Å². The molecule has 0 spiro atoms. The van der Waals surface area contributed by atoms with Crippen LogP contribution in [0.15, 0.2) is 12.3 Å². The molecule has 24 heavy (non-hydrogen) atoms. The summed E-state index contributed by atoms with van der Waals surface area (Å²) in [5.41, 5.74) is 0.381. The van der Waals surface area contributed by atoms with Crippen LogP contribution in [0.4, 0.5) is 4.79 Å². The van der Waals surface area contributed by atoms with Crippen molar-refractivity contribution in [3.8, 4) is 5.88 Å². The van der Waals surface area contributed by atoms with Gasteiger partial charge in [-0.2, -0.15) is 0 Å². The van der Waals surface area contributed by atoms with Crippen LogP contribution in [-0.4, -0.2) is 54.2 Å². The lowest BCUT2D eigenvalue weighted by molar-refractivity contribution is 0.0892. The van der Waals surface area contributed by atoms with Crippen molar-refractivity contribution in [1.29, 1.82) is 0 Å². The van der Waals surface area contributed by atoms with Crippen molar-refractivity contribution in [2.75, 3.05) is 20.2 Å². The number of nitrogens with one attached hydrogen (secondary N) is 1. The summed E-state index contributed by atoms with van der Waals surface area (Å²) >= 11 is 6.10. The van der Waals surface area contributed by atoms with Gasteiger partial charge in [0.15, 0.2) is 0 Å². The van der Waals surface area contributed by atoms with E-state index < -0.39 is 0 Å². The second-order valence-electron chi connectivity index (χ2n) is 5.88. The van der Waals surface area contributed by atoms with Crippen molar-refractivity contribution in [2.24, 2.45) is 0 Å². The molecule has 0 unspecified atom stereocenters. The van der Waals surface area contributed by atoms with Crippen LogP contribution in [0.3, 0.4) is 0 Å². The molecule has 0 aliphatic carbocycles. The van der Waals surface area contributed by atoms with E-state index in [0.717, 1.165) is 0 Å². The number of rotatable bonds is 4. The Hall–Kier alpha value is -2.02. The molecule has 1 aliphatic heterocycles. The van der Waals surface area contributed by atoms with Gasteiger partial charge in [0.1, 0.15) is 5.02 Å². The first-order chi connectivity index (χ1) is 11.4. The van der Waals surface area contributed by atoms with Crippen molar-refractivity contribution < 1.29 is 19.1 Å². The molecule has 1 aliphatic rings. The number of carbonyl (C=O) groups is 2. The Morgan fingerprint density at radius 1 is 1.38 bits per heavy atom. The number of carbonyl (C=O) groups excluding carboxylic acids is 2. The van der Waals surface area contributed by atoms with Gasteiger partial charge in [-0.25, -0.2) is 9.78 Å². The number of hydrogen-bond donors (Lipinski definition) is 1. The molecule has 0 atom stereocenters. The predicted molar refractivity (Wildman–Crippen MR) is 89.5 cm³/mol. The molecule has 1 fully saturated rings. The predicted octanol–water partition coefficient (Wildman–Crippen LogP) is 2.48. The lowest BCUT2D eigenvalue weighted by Gasteiger charge is -2.31. The quantitative estimate of drug-likeness (QED) is 0.897. The molecule has 1 saturated heterocycles. The number of piperidine rings is 1. The maximum atomic E-state index is 12.3. The van der Waals surface area contributed by atoms with E-state index in [9.17, 15) is 9.59 Å². The van der Waals surface area contributed by atoms with E-state index in [1.807, 2.05) is 13.8 Å². The largest absolute Gasteiger partial charge is 0.474 e. The molecule has 0 aromatic carbocycles. The molecule has 1 aromatic rings. The fourth-order valence-corrected chi connectivity index (χ4v) is 2.67. The van der Waals surface area contributed by atoms with E-state index in [0.29, 0.717) is 42.4 Å². The van der Waals surface area contributed by atoms with Crippen LogP contribution in [-0.2, 0) is 4.74 Å². The highest BCUT2D eigenvalue weighted by atomic mass is 35.5. The monoisotopic (exact) mass is 355 g/mol. The zero-order valence-electron chi connectivity index (χ0n) is 14.0. The Labute approximate surface area is 146 Å². The molecule has 2 heterocycles. The zero-order valence-corrected chi connectivity index (χ0v) is 14.8. The molecule has 8 heteroatoms. The number of aromatic nitrogens is 1. The topological polar surface area (TPSA) is 80.8 Å². The lowest BCUT2D eigenvalue weighted by atomic mass is 10.0. The maximum Gasteiger partial charge on any atom is 0.409 e. The Morgan fingerprint density at radius 3 is 2.58 bits per heavy atom. The number of pyridine rings is 1. The fourth-order valence-electron chi connectivity index (χ4n) is 2.46. The number of methoxy groups -OCH3 is 1. The van der Waals surface area contributed by atoms with Crippen LogP contribution in [0.2, 0.25) is 5.02 Å².